The van der Waals surface area contributed by atoms with Crippen molar-refractivity contribution in [2.24, 2.45) is 5.73 Å². The second kappa shape index (κ2) is 7.22. The van der Waals surface area contributed by atoms with E-state index in [1.54, 1.807) is 6.07 Å². The van der Waals surface area contributed by atoms with E-state index in [0.29, 0.717) is 12.5 Å². The average Bonchev–Trinajstić information content (AvgIpc) is 2.43. The minimum Gasteiger partial charge on any atom is -0.378 e. The van der Waals surface area contributed by atoms with Gasteiger partial charge in [0.15, 0.2) is 0 Å². The molecular formula is C15H21ClFNO. The minimum absolute atomic E-state index is 0.00447. The lowest BCUT2D eigenvalue weighted by Gasteiger charge is -2.23. The van der Waals surface area contributed by atoms with E-state index >= 15 is 0 Å². The van der Waals surface area contributed by atoms with Crippen LogP contribution in [-0.2, 0) is 11.2 Å². The van der Waals surface area contributed by atoms with E-state index in [-0.39, 0.29) is 16.9 Å². The Bertz CT molecular complexity index is 407. The van der Waals surface area contributed by atoms with Crippen molar-refractivity contribution in [2.75, 3.05) is 6.61 Å². The van der Waals surface area contributed by atoms with Crippen LogP contribution in [0.1, 0.15) is 37.7 Å². The smallest absolute Gasteiger partial charge is 0.142 e. The number of ether oxygens (including phenoxy) is 1. The van der Waals surface area contributed by atoms with Gasteiger partial charge in [-0.05, 0) is 50.2 Å². The van der Waals surface area contributed by atoms with E-state index in [0.717, 1.165) is 31.4 Å². The van der Waals surface area contributed by atoms with E-state index in [4.69, 9.17) is 22.1 Å². The van der Waals surface area contributed by atoms with Gasteiger partial charge in [-0.1, -0.05) is 23.7 Å². The number of hydrogen-bond acceptors (Lipinski definition) is 2. The summed E-state index contributed by atoms with van der Waals surface area (Å²) in [5.74, 6) is -0.373. The summed E-state index contributed by atoms with van der Waals surface area (Å²) >= 11 is 5.93. The first-order valence-corrected chi connectivity index (χ1v) is 7.34. The summed E-state index contributed by atoms with van der Waals surface area (Å²) in [5.41, 5.74) is 6.90. The summed E-state index contributed by atoms with van der Waals surface area (Å²) in [4.78, 5) is 0. The highest BCUT2D eigenvalue weighted by molar-refractivity contribution is 6.31. The van der Waals surface area contributed by atoms with Gasteiger partial charge in [0.25, 0.3) is 0 Å². The maximum atomic E-state index is 13.3. The molecular weight excluding hydrogens is 265 g/mol. The first kappa shape index (κ1) is 14.8. The molecule has 1 saturated heterocycles. The highest BCUT2D eigenvalue weighted by Crippen LogP contribution is 2.22. The molecule has 106 valence electrons. The van der Waals surface area contributed by atoms with Crippen molar-refractivity contribution < 1.29 is 9.13 Å². The van der Waals surface area contributed by atoms with Gasteiger partial charge in [0.05, 0.1) is 11.1 Å². The van der Waals surface area contributed by atoms with E-state index in [1.165, 1.54) is 18.9 Å². The number of nitrogens with two attached hydrogens (primary N) is 1. The van der Waals surface area contributed by atoms with Crippen molar-refractivity contribution >= 4 is 11.6 Å². The van der Waals surface area contributed by atoms with Crippen LogP contribution in [-0.4, -0.2) is 18.8 Å². The molecule has 0 saturated carbocycles. The SMILES string of the molecule is NC(CCC1CCCCO1)Cc1cccc(F)c1Cl. The van der Waals surface area contributed by atoms with Crippen LogP contribution in [0.3, 0.4) is 0 Å². The Morgan fingerprint density at radius 3 is 3.00 bits per heavy atom. The Morgan fingerprint density at radius 1 is 1.42 bits per heavy atom. The lowest BCUT2D eigenvalue weighted by molar-refractivity contribution is 0.00915. The number of benzene rings is 1. The molecule has 1 heterocycles. The van der Waals surface area contributed by atoms with Crippen LogP contribution >= 0.6 is 11.6 Å². The fourth-order valence-corrected chi connectivity index (χ4v) is 2.73. The Hall–Kier alpha value is -0.640. The summed E-state index contributed by atoms with van der Waals surface area (Å²) in [5, 5.41) is 0.201. The maximum absolute atomic E-state index is 13.3. The third-order valence-electron chi connectivity index (χ3n) is 3.65. The van der Waals surface area contributed by atoms with Gasteiger partial charge in [0, 0.05) is 12.6 Å². The van der Waals surface area contributed by atoms with Gasteiger partial charge < -0.3 is 10.5 Å². The summed E-state index contributed by atoms with van der Waals surface area (Å²) < 4.78 is 19.0. The zero-order valence-corrected chi connectivity index (χ0v) is 11.8. The Labute approximate surface area is 119 Å². The molecule has 1 aromatic rings. The first-order chi connectivity index (χ1) is 9.16. The Morgan fingerprint density at radius 2 is 2.26 bits per heavy atom. The predicted molar refractivity (Wildman–Crippen MR) is 75.9 cm³/mol. The van der Waals surface area contributed by atoms with Crippen LogP contribution in [0.15, 0.2) is 18.2 Å². The zero-order chi connectivity index (χ0) is 13.7. The van der Waals surface area contributed by atoms with Crippen molar-refractivity contribution in [1.82, 2.24) is 0 Å². The molecule has 1 fully saturated rings. The minimum atomic E-state index is -0.373. The van der Waals surface area contributed by atoms with Crippen LogP contribution in [0.2, 0.25) is 5.02 Å². The molecule has 4 heteroatoms. The maximum Gasteiger partial charge on any atom is 0.142 e. The largest absolute Gasteiger partial charge is 0.378 e. The van der Waals surface area contributed by atoms with E-state index in [9.17, 15) is 4.39 Å². The second-order valence-corrected chi connectivity index (χ2v) is 5.62. The molecule has 2 rings (SSSR count). The van der Waals surface area contributed by atoms with Crippen molar-refractivity contribution in [3.05, 3.63) is 34.6 Å². The van der Waals surface area contributed by atoms with Crippen molar-refractivity contribution in [2.45, 2.75) is 50.7 Å². The molecule has 1 aromatic carbocycles. The highest BCUT2D eigenvalue weighted by Gasteiger charge is 2.16. The quantitative estimate of drug-likeness (QED) is 0.895. The van der Waals surface area contributed by atoms with Gasteiger partial charge >= 0.3 is 0 Å². The predicted octanol–water partition coefficient (Wildman–Crippen LogP) is 3.70. The van der Waals surface area contributed by atoms with Crippen LogP contribution in [0.4, 0.5) is 4.39 Å². The molecule has 2 atom stereocenters. The van der Waals surface area contributed by atoms with Crippen LogP contribution in [0.25, 0.3) is 0 Å². The molecule has 2 nitrogen and oxygen atoms in total. The summed E-state index contributed by atoms with van der Waals surface area (Å²) in [7, 11) is 0. The normalized spacial score (nSPS) is 21.3. The first-order valence-electron chi connectivity index (χ1n) is 6.97. The Balaban J connectivity index is 1.80. The number of hydrogen-bond donors (Lipinski definition) is 1. The molecule has 0 bridgehead atoms. The highest BCUT2D eigenvalue weighted by atomic mass is 35.5. The van der Waals surface area contributed by atoms with Gasteiger partial charge in [0.1, 0.15) is 5.82 Å². The molecule has 0 spiro atoms. The molecule has 19 heavy (non-hydrogen) atoms. The van der Waals surface area contributed by atoms with Crippen LogP contribution in [0.5, 0.6) is 0 Å². The third-order valence-corrected chi connectivity index (χ3v) is 4.07. The molecule has 0 aromatic heterocycles. The van der Waals surface area contributed by atoms with Gasteiger partial charge in [-0.3, -0.25) is 0 Å². The molecule has 2 N–H and O–H groups in total. The van der Waals surface area contributed by atoms with Gasteiger partial charge in [-0.25, -0.2) is 4.39 Å². The summed E-state index contributed by atoms with van der Waals surface area (Å²) in [6.07, 6.45) is 6.38. The molecule has 0 radical (unpaired) electrons. The molecule has 1 aliphatic heterocycles. The number of rotatable bonds is 5. The second-order valence-electron chi connectivity index (χ2n) is 5.24. The average molecular weight is 286 g/mol. The third kappa shape index (κ3) is 4.44. The zero-order valence-electron chi connectivity index (χ0n) is 11.1. The molecule has 2 unspecified atom stereocenters. The topological polar surface area (TPSA) is 35.2 Å². The van der Waals surface area contributed by atoms with Crippen LogP contribution in [0, 0.1) is 5.82 Å². The molecule has 1 aliphatic rings. The van der Waals surface area contributed by atoms with E-state index in [1.807, 2.05) is 6.07 Å². The summed E-state index contributed by atoms with van der Waals surface area (Å²) in [6, 6.07) is 4.88. The molecule has 0 aliphatic carbocycles. The molecule has 0 amide bonds. The standard InChI is InChI=1S/C15H21ClFNO/c16-15-11(4-3-6-14(15)17)10-12(18)7-8-13-5-1-2-9-19-13/h3-4,6,12-13H,1-2,5,7-10,18H2. The lowest BCUT2D eigenvalue weighted by Crippen LogP contribution is -2.27. The fraction of sp³-hybridized carbons (Fsp3) is 0.600. The van der Waals surface area contributed by atoms with Gasteiger partial charge in [-0.15, -0.1) is 0 Å². The fourth-order valence-electron chi connectivity index (χ4n) is 2.53. The Kier molecular flexibility index (Phi) is 5.61. The van der Waals surface area contributed by atoms with E-state index in [2.05, 4.69) is 0 Å². The number of halogens is 2. The monoisotopic (exact) mass is 285 g/mol. The van der Waals surface area contributed by atoms with E-state index < -0.39 is 0 Å². The van der Waals surface area contributed by atoms with Crippen molar-refractivity contribution in [3.63, 3.8) is 0 Å². The summed E-state index contributed by atoms with van der Waals surface area (Å²) in [6.45, 7) is 0.871. The van der Waals surface area contributed by atoms with Gasteiger partial charge in [-0.2, -0.15) is 0 Å². The van der Waals surface area contributed by atoms with Crippen molar-refractivity contribution in [3.8, 4) is 0 Å². The van der Waals surface area contributed by atoms with Crippen molar-refractivity contribution in [1.29, 1.82) is 0 Å². The lowest BCUT2D eigenvalue weighted by atomic mass is 9.98. The van der Waals surface area contributed by atoms with Crippen LogP contribution < -0.4 is 5.73 Å². The van der Waals surface area contributed by atoms with Gasteiger partial charge in [0.2, 0.25) is 0 Å².